The topological polar surface area (TPSA) is 37.2 Å². The predicted molar refractivity (Wildman–Crippen MR) is 70.0 cm³/mol. The standard InChI is InChI=1S/C14H24N2O/c1-12-7-8-14(17-12)11-15-9-4-6-13-5-2-3-10-16-13/h7-8,13,15-16H,2-6,9-11H2,1H3. The molecule has 1 aromatic rings. The van der Waals surface area contributed by atoms with E-state index in [1.54, 1.807) is 0 Å². The summed E-state index contributed by atoms with van der Waals surface area (Å²) in [5.74, 6) is 2.03. The first-order chi connectivity index (χ1) is 8.34. The molecule has 0 amide bonds. The van der Waals surface area contributed by atoms with E-state index in [0.29, 0.717) is 0 Å². The van der Waals surface area contributed by atoms with Crippen LogP contribution in [-0.4, -0.2) is 19.1 Å². The van der Waals surface area contributed by atoms with Gasteiger partial charge in [-0.2, -0.15) is 0 Å². The van der Waals surface area contributed by atoms with Crippen molar-refractivity contribution in [1.82, 2.24) is 10.6 Å². The van der Waals surface area contributed by atoms with Crippen LogP contribution in [0.5, 0.6) is 0 Å². The lowest BCUT2D eigenvalue weighted by molar-refractivity contribution is 0.371. The molecular weight excluding hydrogens is 212 g/mol. The lowest BCUT2D eigenvalue weighted by Crippen LogP contribution is -2.34. The van der Waals surface area contributed by atoms with Crippen molar-refractivity contribution in [2.75, 3.05) is 13.1 Å². The van der Waals surface area contributed by atoms with Crippen LogP contribution in [-0.2, 0) is 6.54 Å². The van der Waals surface area contributed by atoms with Gasteiger partial charge in [-0.15, -0.1) is 0 Å². The summed E-state index contributed by atoms with van der Waals surface area (Å²) in [5.41, 5.74) is 0. The van der Waals surface area contributed by atoms with Crippen LogP contribution in [0.4, 0.5) is 0 Å². The maximum absolute atomic E-state index is 5.51. The Morgan fingerprint density at radius 1 is 1.41 bits per heavy atom. The molecule has 2 rings (SSSR count). The summed E-state index contributed by atoms with van der Waals surface area (Å²) in [6.45, 7) is 5.13. The van der Waals surface area contributed by atoms with Crippen molar-refractivity contribution in [3.8, 4) is 0 Å². The van der Waals surface area contributed by atoms with E-state index in [0.717, 1.165) is 30.7 Å². The van der Waals surface area contributed by atoms with Gasteiger partial charge in [-0.05, 0) is 57.8 Å². The Balaban J connectivity index is 1.51. The molecule has 0 aliphatic carbocycles. The van der Waals surface area contributed by atoms with E-state index in [9.17, 15) is 0 Å². The summed E-state index contributed by atoms with van der Waals surface area (Å²) in [4.78, 5) is 0. The Kier molecular flexibility index (Phi) is 5.08. The lowest BCUT2D eigenvalue weighted by Gasteiger charge is -2.23. The van der Waals surface area contributed by atoms with Gasteiger partial charge in [0.25, 0.3) is 0 Å². The molecule has 1 fully saturated rings. The number of rotatable bonds is 6. The third-order valence-electron chi connectivity index (χ3n) is 3.41. The zero-order valence-corrected chi connectivity index (χ0v) is 10.8. The van der Waals surface area contributed by atoms with E-state index >= 15 is 0 Å². The van der Waals surface area contributed by atoms with Crippen LogP contribution in [0, 0.1) is 6.92 Å². The number of piperidine rings is 1. The normalized spacial score (nSPS) is 20.6. The average Bonchev–Trinajstić information content (AvgIpc) is 2.76. The Labute approximate surface area is 104 Å². The number of furan rings is 1. The maximum atomic E-state index is 5.51. The molecule has 17 heavy (non-hydrogen) atoms. The smallest absolute Gasteiger partial charge is 0.117 e. The number of hydrogen-bond donors (Lipinski definition) is 2. The third-order valence-corrected chi connectivity index (χ3v) is 3.41. The number of hydrogen-bond acceptors (Lipinski definition) is 3. The van der Waals surface area contributed by atoms with Crippen molar-refractivity contribution in [3.63, 3.8) is 0 Å². The van der Waals surface area contributed by atoms with E-state index in [2.05, 4.69) is 10.6 Å². The molecule has 1 aliphatic rings. The molecule has 2 heterocycles. The Hall–Kier alpha value is -0.800. The molecule has 0 radical (unpaired) electrons. The molecule has 1 aromatic heterocycles. The highest BCUT2D eigenvalue weighted by Gasteiger charge is 2.11. The molecule has 0 aromatic carbocycles. The summed E-state index contributed by atoms with van der Waals surface area (Å²) in [6.07, 6.45) is 6.66. The summed E-state index contributed by atoms with van der Waals surface area (Å²) in [5, 5.41) is 7.02. The van der Waals surface area contributed by atoms with Crippen LogP contribution < -0.4 is 10.6 Å². The van der Waals surface area contributed by atoms with Gasteiger partial charge in [-0.3, -0.25) is 0 Å². The third kappa shape index (κ3) is 4.52. The minimum absolute atomic E-state index is 0.761. The van der Waals surface area contributed by atoms with Gasteiger partial charge in [0, 0.05) is 6.04 Å². The summed E-state index contributed by atoms with van der Waals surface area (Å²) in [6, 6.07) is 4.82. The molecule has 0 bridgehead atoms. The molecule has 3 nitrogen and oxygen atoms in total. The van der Waals surface area contributed by atoms with Gasteiger partial charge in [0.1, 0.15) is 11.5 Å². The fourth-order valence-electron chi connectivity index (χ4n) is 2.44. The summed E-state index contributed by atoms with van der Waals surface area (Å²) in [7, 11) is 0. The molecule has 1 atom stereocenters. The SMILES string of the molecule is Cc1ccc(CNCCCC2CCCCN2)o1. The molecule has 96 valence electrons. The van der Waals surface area contributed by atoms with Crippen LogP contribution >= 0.6 is 0 Å². The second-order valence-corrected chi connectivity index (χ2v) is 4.98. The van der Waals surface area contributed by atoms with Crippen LogP contribution in [0.3, 0.4) is 0 Å². The molecule has 0 spiro atoms. The highest BCUT2D eigenvalue weighted by Crippen LogP contribution is 2.11. The van der Waals surface area contributed by atoms with Crippen LogP contribution in [0.25, 0.3) is 0 Å². The molecule has 1 saturated heterocycles. The Morgan fingerprint density at radius 3 is 3.06 bits per heavy atom. The van der Waals surface area contributed by atoms with Crippen molar-refractivity contribution in [2.45, 2.75) is 51.6 Å². The van der Waals surface area contributed by atoms with E-state index in [4.69, 9.17) is 4.42 Å². The maximum Gasteiger partial charge on any atom is 0.117 e. The van der Waals surface area contributed by atoms with Crippen molar-refractivity contribution < 1.29 is 4.42 Å². The van der Waals surface area contributed by atoms with Crippen LogP contribution in [0.2, 0.25) is 0 Å². The van der Waals surface area contributed by atoms with Gasteiger partial charge in [0.2, 0.25) is 0 Å². The van der Waals surface area contributed by atoms with E-state index in [1.165, 1.54) is 38.6 Å². The van der Waals surface area contributed by atoms with Crippen molar-refractivity contribution in [3.05, 3.63) is 23.7 Å². The quantitative estimate of drug-likeness (QED) is 0.746. The zero-order valence-electron chi connectivity index (χ0n) is 10.8. The molecule has 1 unspecified atom stereocenters. The number of nitrogens with one attached hydrogen (secondary N) is 2. The second-order valence-electron chi connectivity index (χ2n) is 4.98. The monoisotopic (exact) mass is 236 g/mol. The van der Waals surface area contributed by atoms with Gasteiger partial charge < -0.3 is 15.1 Å². The Bertz CT molecular complexity index is 316. The van der Waals surface area contributed by atoms with Gasteiger partial charge in [0.15, 0.2) is 0 Å². The van der Waals surface area contributed by atoms with Crippen molar-refractivity contribution in [2.24, 2.45) is 0 Å². The number of aryl methyl sites for hydroxylation is 1. The average molecular weight is 236 g/mol. The fraction of sp³-hybridized carbons (Fsp3) is 0.714. The van der Waals surface area contributed by atoms with Crippen molar-refractivity contribution >= 4 is 0 Å². The van der Waals surface area contributed by atoms with Gasteiger partial charge in [-0.25, -0.2) is 0 Å². The van der Waals surface area contributed by atoms with Crippen LogP contribution in [0.15, 0.2) is 16.5 Å². The highest BCUT2D eigenvalue weighted by molar-refractivity contribution is 5.04. The van der Waals surface area contributed by atoms with E-state index < -0.39 is 0 Å². The molecule has 1 aliphatic heterocycles. The first kappa shape index (κ1) is 12.7. The minimum atomic E-state index is 0.761. The van der Waals surface area contributed by atoms with Crippen molar-refractivity contribution in [1.29, 1.82) is 0 Å². The second kappa shape index (κ2) is 6.82. The molecule has 0 saturated carbocycles. The first-order valence-corrected chi connectivity index (χ1v) is 6.84. The van der Waals surface area contributed by atoms with Crippen LogP contribution in [0.1, 0.15) is 43.6 Å². The Morgan fingerprint density at radius 2 is 2.35 bits per heavy atom. The van der Waals surface area contributed by atoms with Gasteiger partial charge in [0.05, 0.1) is 6.54 Å². The van der Waals surface area contributed by atoms with E-state index in [-0.39, 0.29) is 0 Å². The minimum Gasteiger partial charge on any atom is -0.465 e. The molecule has 3 heteroatoms. The van der Waals surface area contributed by atoms with Gasteiger partial charge in [-0.1, -0.05) is 6.42 Å². The fourth-order valence-corrected chi connectivity index (χ4v) is 2.44. The largest absolute Gasteiger partial charge is 0.465 e. The predicted octanol–water partition coefficient (Wildman–Crippen LogP) is 2.60. The van der Waals surface area contributed by atoms with Gasteiger partial charge >= 0.3 is 0 Å². The summed E-state index contributed by atoms with van der Waals surface area (Å²) >= 11 is 0. The molecule has 2 N–H and O–H groups in total. The summed E-state index contributed by atoms with van der Waals surface area (Å²) < 4.78 is 5.51. The van der Waals surface area contributed by atoms with E-state index in [1.807, 2.05) is 19.1 Å². The molecular formula is C14H24N2O. The zero-order chi connectivity index (χ0) is 11.9. The first-order valence-electron chi connectivity index (χ1n) is 6.84. The highest BCUT2D eigenvalue weighted by atomic mass is 16.3. The lowest BCUT2D eigenvalue weighted by atomic mass is 10.0.